The summed E-state index contributed by atoms with van der Waals surface area (Å²) in [7, 11) is 0. The molecule has 1 aliphatic rings. The van der Waals surface area contributed by atoms with Crippen LogP contribution in [0, 0.1) is 30.0 Å². The highest BCUT2D eigenvalue weighted by Crippen LogP contribution is 2.27. The lowest BCUT2D eigenvalue weighted by atomic mass is 10.1. The van der Waals surface area contributed by atoms with Gasteiger partial charge in [0, 0.05) is 13.0 Å². The third kappa shape index (κ3) is 1.76. The van der Waals surface area contributed by atoms with E-state index < -0.39 is 5.82 Å². The van der Waals surface area contributed by atoms with Gasteiger partial charge in [0.1, 0.15) is 5.82 Å². The molecule has 0 aromatic heterocycles. The third-order valence-corrected chi connectivity index (χ3v) is 2.70. The number of halogens is 1. The van der Waals surface area contributed by atoms with Crippen molar-refractivity contribution in [3.63, 3.8) is 0 Å². The Balaban J connectivity index is 2.32. The van der Waals surface area contributed by atoms with Crippen LogP contribution in [0.5, 0.6) is 0 Å². The number of carbonyl (C=O) groups excluding carboxylic acids is 1. The van der Waals surface area contributed by atoms with Crippen LogP contribution in [0.4, 0.5) is 10.1 Å². The lowest BCUT2D eigenvalue weighted by Crippen LogP contribution is -2.25. The summed E-state index contributed by atoms with van der Waals surface area (Å²) in [4.78, 5) is 12.9. The van der Waals surface area contributed by atoms with E-state index in [9.17, 15) is 9.18 Å². The number of amides is 1. The molecule has 16 heavy (non-hydrogen) atoms. The molecule has 0 radical (unpaired) electrons. The second-order valence-electron chi connectivity index (χ2n) is 3.99. The van der Waals surface area contributed by atoms with Gasteiger partial charge in [-0.2, -0.15) is 5.26 Å². The maximum absolute atomic E-state index is 13.6. The quantitative estimate of drug-likeness (QED) is 0.723. The summed E-state index contributed by atoms with van der Waals surface area (Å²) in [6, 6.07) is 6.77. The molecule has 1 aromatic carbocycles. The SMILES string of the molecule is Cc1ccc(N2CC(C#N)CC2=O)c(F)c1. The molecular weight excluding hydrogens is 207 g/mol. The van der Waals surface area contributed by atoms with E-state index in [4.69, 9.17) is 5.26 Å². The van der Waals surface area contributed by atoms with Crippen molar-refractivity contribution in [1.29, 1.82) is 5.26 Å². The minimum atomic E-state index is -0.410. The number of carbonyl (C=O) groups is 1. The predicted octanol–water partition coefficient (Wildman–Crippen LogP) is 2.01. The Bertz CT molecular complexity index is 478. The summed E-state index contributed by atoms with van der Waals surface area (Å²) in [5.41, 5.74) is 1.08. The molecule has 3 nitrogen and oxygen atoms in total. The summed E-state index contributed by atoms with van der Waals surface area (Å²) in [5, 5.41) is 8.74. The first kappa shape index (κ1) is 10.6. The van der Waals surface area contributed by atoms with Crippen LogP contribution in [-0.2, 0) is 4.79 Å². The molecule has 0 saturated carbocycles. The van der Waals surface area contributed by atoms with Crippen molar-refractivity contribution in [1.82, 2.24) is 0 Å². The highest BCUT2D eigenvalue weighted by molar-refractivity contribution is 5.96. The summed E-state index contributed by atoms with van der Waals surface area (Å²) < 4.78 is 13.6. The molecule has 1 unspecified atom stereocenters. The standard InChI is InChI=1S/C12H11FN2O/c1-8-2-3-11(10(13)4-8)15-7-9(6-14)5-12(15)16/h2-4,9H,5,7H2,1H3. The van der Waals surface area contributed by atoms with Crippen LogP contribution in [0.3, 0.4) is 0 Å². The van der Waals surface area contributed by atoms with E-state index in [0.717, 1.165) is 5.56 Å². The van der Waals surface area contributed by atoms with Gasteiger partial charge in [-0.25, -0.2) is 4.39 Å². The van der Waals surface area contributed by atoms with Crippen LogP contribution in [0.15, 0.2) is 18.2 Å². The fourth-order valence-corrected chi connectivity index (χ4v) is 1.86. The molecule has 82 valence electrons. The molecule has 1 atom stereocenters. The monoisotopic (exact) mass is 218 g/mol. The molecule has 0 spiro atoms. The van der Waals surface area contributed by atoms with Crippen molar-refractivity contribution in [3.05, 3.63) is 29.6 Å². The molecule has 2 rings (SSSR count). The number of anilines is 1. The number of hydrogen-bond donors (Lipinski definition) is 0. The minimum absolute atomic E-state index is 0.184. The summed E-state index contributed by atoms with van der Waals surface area (Å²) in [5.74, 6) is -0.922. The summed E-state index contributed by atoms with van der Waals surface area (Å²) in [6.07, 6.45) is 0.184. The number of hydrogen-bond acceptors (Lipinski definition) is 2. The van der Waals surface area contributed by atoms with Crippen molar-refractivity contribution in [2.45, 2.75) is 13.3 Å². The fraction of sp³-hybridized carbons (Fsp3) is 0.333. The van der Waals surface area contributed by atoms with Gasteiger partial charge in [0.05, 0.1) is 17.7 Å². The second-order valence-corrected chi connectivity index (χ2v) is 3.99. The van der Waals surface area contributed by atoms with E-state index in [1.165, 1.54) is 11.0 Å². The van der Waals surface area contributed by atoms with Crippen molar-refractivity contribution < 1.29 is 9.18 Å². The first-order chi connectivity index (χ1) is 7.61. The molecule has 0 bridgehead atoms. The van der Waals surface area contributed by atoms with E-state index >= 15 is 0 Å². The van der Waals surface area contributed by atoms with E-state index in [1.807, 2.05) is 6.07 Å². The van der Waals surface area contributed by atoms with Gasteiger partial charge >= 0.3 is 0 Å². The zero-order chi connectivity index (χ0) is 11.7. The van der Waals surface area contributed by atoms with Gasteiger partial charge < -0.3 is 4.90 Å². The van der Waals surface area contributed by atoms with Gasteiger partial charge in [-0.3, -0.25) is 4.79 Å². The Morgan fingerprint density at radius 3 is 2.88 bits per heavy atom. The predicted molar refractivity (Wildman–Crippen MR) is 57.2 cm³/mol. The molecule has 0 N–H and O–H groups in total. The summed E-state index contributed by atoms with van der Waals surface area (Å²) in [6.45, 7) is 2.08. The highest BCUT2D eigenvalue weighted by atomic mass is 19.1. The van der Waals surface area contributed by atoms with Crippen molar-refractivity contribution >= 4 is 11.6 Å². The highest BCUT2D eigenvalue weighted by Gasteiger charge is 2.31. The molecule has 1 fully saturated rings. The molecule has 1 amide bonds. The van der Waals surface area contributed by atoms with Gasteiger partial charge in [0.25, 0.3) is 0 Å². The Kier molecular flexibility index (Phi) is 2.61. The lowest BCUT2D eigenvalue weighted by molar-refractivity contribution is -0.117. The maximum Gasteiger partial charge on any atom is 0.228 e. The van der Waals surface area contributed by atoms with E-state index in [0.29, 0.717) is 0 Å². The van der Waals surface area contributed by atoms with Gasteiger partial charge in [0.15, 0.2) is 0 Å². The van der Waals surface area contributed by atoms with Crippen LogP contribution in [0.2, 0.25) is 0 Å². The van der Waals surface area contributed by atoms with Crippen LogP contribution in [0.1, 0.15) is 12.0 Å². The molecule has 1 heterocycles. The fourth-order valence-electron chi connectivity index (χ4n) is 1.86. The topological polar surface area (TPSA) is 44.1 Å². The lowest BCUT2D eigenvalue weighted by Gasteiger charge is -2.16. The largest absolute Gasteiger partial charge is 0.308 e. The van der Waals surface area contributed by atoms with Crippen LogP contribution >= 0.6 is 0 Å². The Labute approximate surface area is 93.1 Å². The smallest absolute Gasteiger partial charge is 0.228 e. The van der Waals surface area contributed by atoms with Crippen LogP contribution in [-0.4, -0.2) is 12.5 Å². The van der Waals surface area contributed by atoms with Gasteiger partial charge in [-0.15, -0.1) is 0 Å². The molecule has 1 aliphatic heterocycles. The maximum atomic E-state index is 13.6. The normalized spacial score (nSPS) is 19.9. The Morgan fingerprint density at radius 2 is 2.31 bits per heavy atom. The van der Waals surface area contributed by atoms with E-state index in [1.54, 1.807) is 19.1 Å². The molecule has 1 saturated heterocycles. The Hall–Kier alpha value is -1.89. The first-order valence-corrected chi connectivity index (χ1v) is 5.08. The van der Waals surface area contributed by atoms with Gasteiger partial charge in [0.2, 0.25) is 5.91 Å². The van der Waals surface area contributed by atoms with E-state index in [-0.39, 0.29) is 30.5 Å². The van der Waals surface area contributed by atoms with Crippen LogP contribution < -0.4 is 4.90 Å². The number of nitriles is 1. The molecular formula is C12H11FN2O. The average Bonchev–Trinajstić information content (AvgIpc) is 2.60. The van der Waals surface area contributed by atoms with Gasteiger partial charge in [-0.05, 0) is 24.6 Å². The number of rotatable bonds is 1. The summed E-state index contributed by atoms with van der Waals surface area (Å²) >= 11 is 0. The second kappa shape index (κ2) is 3.93. The molecule has 4 heteroatoms. The number of aryl methyl sites for hydroxylation is 1. The minimum Gasteiger partial charge on any atom is -0.308 e. The number of benzene rings is 1. The molecule has 1 aromatic rings. The van der Waals surface area contributed by atoms with Crippen molar-refractivity contribution in [2.75, 3.05) is 11.4 Å². The zero-order valence-corrected chi connectivity index (χ0v) is 8.90. The number of nitrogens with zero attached hydrogens (tertiary/aromatic N) is 2. The molecule has 0 aliphatic carbocycles. The first-order valence-electron chi connectivity index (χ1n) is 5.08. The zero-order valence-electron chi connectivity index (χ0n) is 8.90. The van der Waals surface area contributed by atoms with Crippen molar-refractivity contribution in [3.8, 4) is 6.07 Å². The van der Waals surface area contributed by atoms with Crippen LogP contribution in [0.25, 0.3) is 0 Å². The Morgan fingerprint density at radius 1 is 1.56 bits per heavy atom. The third-order valence-electron chi connectivity index (χ3n) is 2.70. The van der Waals surface area contributed by atoms with E-state index in [2.05, 4.69) is 0 Å². The van der Waals surface area contributed by atoms with Crippen molar-refractivity contribution in [2.24, 2.45) is 5.92 Å². The van der Waals surface area contributed by atoms with Gasteiger partial charge in [-0.1, -0.05) is 6.07 Å². The average molecular weight is 218 g/mol.